The van der Waals surface area contributed by atoms with E-state index in [9.17, 15) is 14.4 Å². The van der Waals surface area contributed by atoms with Gasteiger partial charge in [-0.25, -0.2) is 4.90 Å². The molecule has 1 aliphatic heterocycles. The molecule has 0 aliphatic carbocycles. The summed E-state index contributed by atoms with van der Waals surface area (Å²) >= 11 is 0. The minimum Gasteiger partial charge on any atom is -0.437 e. The Labute approximate surface area is 111 Å². The third kappa shape index (κ3) is 2.23. The van der Waals surface area contributed by atoms with Gasteiger partial charge in [-0.1, -0.05) is 32.0 Å². The lowest BCUT2D eigenvalue weighted by Gasteiger charge is -2.24. The summed E-state index contributed by atoms with van der Waals surface area (Å²) < 4.78 is 5.14. The zero-order valence-corrected chi connectivity index (χ0v) is 11.0. The Kier molecular flexibility index (Phi) is 3.38. The summed E-state index contributed by atoms with van der Waals surface area (Å²) in [5.41, 5.74) is 0.958. The Hall–Kier alpha value is -2.17. The zero-order valence-electron chi connectivity index (χ0n) is 11.0. The molecule has 0 bridgehead atoms. The highest BCUT2D eigenvalue weighted by Crippen LogP contribution is 2.35. The van der Waals surface area contributed by atoms with Crippen molar-refractivity contribution in [3.8, 4) is 0 Å². The van der Waals surface area contributed by atoms with Crippen LogP contribution in [0.4, 0.5) is 0 Å². The number of hydrogen-bond acceptors (Lipinski definition) is 4. The van der Waals surface area contributed by atoms with Crippen LogP contribution in [0.3, 0.4) is 0 Å². The Morgan fingerprint density at radius 2 is 1.89 bits per heavy atom. The second-order valence-corrected chi connectivity index (χ2v) is 4.72. The van der Waals surface area contributed by atoms with Crippen LogP contribution in [0.15, 0.2) is 24.3 Å². The summed E-state index contributed by atoms with van der Waals surface area (Å²) in [6, 6.07) is 6.77. The van der Waals surface area contributed by atoms with Gasteiger partial charge in [-0.2, -0.15) is 0 Å². The van der Waals surface area contributed by atoms with Crippen molar-refractivity contribution in [3.63, 3.8) is 0 Å². The van der Waals surface area contributed by atoms with Crippen LogP contribution in [-0.2, 0) is 14.3 Å². The lowest BCUT2D eigenvalue weighted by molar-refractivity contribution is -0.159. The van der Waals surface area contributed by atoms with Crippen LogP contribution in [0.1, 0.15) is 42.9 Å². The molecule has 1 aromatic carbocycles. The predicted octanol–water partition coefficient (Wildman–Crippen LogP) is 1.89. The normalized spacial score (nSPS) is 17.6. The van der Waals surface area contributed by atoms with Crippen molar-refractivity contribution in [3.05, 3.63) is 35.4 Å². The molecule has 1 aromatic rings. The summed E-state index contributed by atoms with van der Waals surface area (Å²) in [7, 11) is 0. The molecule has 1 heterocycles. The van der Waals surface area contributed by atoms with Crippen molar-refractivity contribution in [1.29, 1.82) is 0 Å². The smallest absolute Gasteiger partial charge is 0.304 e. The molecule has 0 aromatic heterocycles. The van der Waals surface area contributed by atoms with Crippen LogP contribution in [0, 0.1) is 5.92 Å². The number of fused-ring (bicyclic) bond motifs is 1. The largest absolute Gasteiger partial charge is 0.437 e. The molecule has 0 saturated carbocycles. The molecule has 0 fully saturated rings. The van der Waals surface area contributed by atoms with Crippen molar-refractivity contribution in [2.45, 2.75) is 27.0 Å². The van der Waals surface area contributed by atoms with Crippen molar-refractivity contribution in [2.75, 3.05) is 0 Å². The van der Waals surface area contributed by atoms with Crippen molar-refractivity contribution < 1.29 is 19.1 Å². The van der Waals surface area contributed by atoms with Crippen LogP contribution in [0.25, 0.3) is 0 Å². The maximum atomic E-state index is 12.2. The van der Waals surface area contributed by atoms with E-state index in [4.69, 9.17) is 4.74 Å². The molecule has 0 N–H and O–H groups in total. The van der Waals surface area contributed by atoms with Crippen LogP contribution in [0.2, 0.25) is 0 Å². The van der Waals surface area contributed by atoms with Gasteiger partial charge in [-0.05, 0) is 6.07 Å². The second-order valence-electron chi connectivity index (χ2n) is 4.72. The topological polar surface area (TPSA) is 63.7 Å². The first-order valence-corrected chi connectivity index (χ1v) is 6.07. The number of rotatable bonds is 2. The maximum absolute atomic E-state index is 12.2. The van der Waals surface area contributed by atoms with Gasteiger partial charge in [0.15, 0.2) is 0 Å². The number of carbonyl (C=O) groups excluding carboxylic acids is 3. The number of benzene rings is 1. The average molecular weight is 261 g/mol. The van der Waals surface area contributed by atoms with Crippen molar-refractivity contribution in [1.82, 2.24) is 4.90 Å². The molecule has 0 saturated heterocycles. The Bertz CT molecular complexity index is 550. The van der Waals surface area contributed by atoms with E-state index in [1.54, 1.807) is 38.1 Å². The van der Waals surface area contributed by atoms with Gasteiger partial charge in [0.2, 0.25) is 12.1 Å². The average Bonchev–Trinajstić information content (AvgIpc) is 2.62. The van der Waals surface area contributed by atoms with Gasteiger partial charge >= 0.3 is 5.97 Å². The summed E-state index contributed by atoms with van der Waals surface area (Å²) in [5.74, 6) is -1.65. The zero-order chi connectivity index (χ0) is 14.2. The molecule has 19 heavy (non-hydrogen) atoms. The lowest BCUT2D eigenvalue weighted by atomic mass is 10.1. The molecule has 5 nitrogen and oxygen atoms in total. The van der Waals surface area contributed by atoms with E-state index in [2.05, 4.69) is 0 Å². The van der Waals surface area contributed by atoms with Crippen LogP contribution in [-0.4, -0.2) is 22.7 Å². The van der Waals surface area contributed by atoms with E-state index < -0.39 is 18.1 Å². The molecule has 0 spiro atoms. The molecule has 1 atom stereocenters. The van der Waals surface area contributed by atoms with E-state index >= 15 is 0 Å². The minimum atomic E-state index is -0.948. The Morgan fingerprint density at radius 1 is 1.26 bits per heavy atom. The number of carbonyl (C=O) groups is 3. The maximum Gasteiger partial charge on any atom is 0.304 e. The molecular formula is C14H15NO4. The molecule has 0 unspecified atom stereocenters. The number of hydrogen-bond donors (Lipinski definition) is 0. The van der Waals surface area contributed by atoms with E-state index in [-0.39, 0.29) is 11.8 Å². The molecule has 0 radical (unpaired) electrons. The number of imide groups is 1. The van der Waals surface area contributed by atoms with Gasteiger partial charge in [-0.15, -0.1) is 0 Å². The molecular weight excluding hydrogens is 246 g/mol. The fraction of sp³-hybridized carbons (Fsp3) is 0.357. The standard InChI is InChI=1S/C14H15NO4/c1-8(2)12(17)15-13(18)10-6-4-5-7-11(10)14(15)19-9(3)16/h4-8,14H,1-3H3/t14-/m1/s1. The van der Waals surface area contributed by atoms with Crippen molar-refractivity contribution in [2.24, 2.45) is 5.92 Å². The number of nitrogens with zero attached hydrogens (tertiary/aromatic N) is 1. The van der Waals surface area contributed by atoms with Crippen LogP contribution in [0.5, 0.6) is 0 Å². The monoisotopic (exact) mass is 261 g/mol. The molecule has 2 amide bonds. The number of ether oxygens (including phenoxy) is 1. The van der Waals surface area contributed by atoms with Gasteiger partial charge in [0, 0.05) is 24.0 Å². The van der Waals surface area contributed by atoms with E-state index in [0.717, 1.165) is 4.90 Å². The first-order chi connectivity index (χ1) is 8.93. The van der Waals surface area contributed by atoms with Crippen molar-refractivity contribution >= 4 is 17.8 Å². The highest BCUT2D eigenvalue weighted by Gasteiger charge is 2.43. The van der Waals surface area contributed by atoms with Gasteiger partial charge < -0.3 is 4.74 Å². The summed E-state index contributed by atoms with van der Waals surface area (Å²) in [5, 5.41) is 0. The van der Waals surface area contributed by atoms with Gasteiger partial charge in [0.1, 0.15) is 0 Å². The summed E-state index contributed by atoms with van der Waals surface area (Å²) in [6.45, 7) is 4.65. The van der Waals surface area contributed by atoms with Gasteiger partial charge in [-0.3, -0.25) is 14.4 Å². The fourth-order valence-electron chi connectivity index (χ4n) is 2.05. The molecule has 1 aliphatic rings. The SMILES string of the molecule is CC(=O)O[C@@H]1c2ccccc2C(=O)N1C(=O)C(C)C. The minimum absolute atomic E-state index is 0.351. The van der Waals surface area contributed by atoms with Crippen LogP contribution < -0.4 is 0 Å². The molecule has 5 heteroatoms. The van der Waals surface area contributed by atoms with Crippen LogP contribution >= 0.6 is 0 Å². The van der Waals surface area contributed by atoms with E-state index in [1.807, 2.05) is 0 Å². The number of esters is 1. The fourth-order valence-corrected chi connectivity index (χ4v) is 2.05. The van der Waals surface area contributed by atoms with E-state index in [0.29, 0.717) is 11.1 Å². The quantitative estimate of drug-likeness (QED) is 0.762. The second kappa shape index (κ2) is 4.84. The Balaban J connectivity index is 2.47. The predicted molar refractivity (Wildman–Crippen MR) is 67.0 cm³/mol. The van der Waals surface area contributed by atoms with Gasteiger partial charge in [0.05, 0.1) is 0 Å². The third-order valence-corrected chi connectivity index (χ3v) is 2.92. The summed E-state index contributed by atoms with van der Waals surface area (Å²) in [6.07, 6.45) is -0.948. The molecule has 100 valence electrons. The Morgan fingerprint density at radius 3 is 2.47 bits per heavy atom. The first kappa shape index (κ1) is 13.3. The highest BCUT2D eigenvalue weighted by atomic mass is 16.6. The molecule has 2 rings (SSSR count). The first-order valence-electron chi connectivity index (χ1n) is 6.07. The highest BCUT2D eigenvalue weighted by molar-refractivity contribution is 6.09. The lowest BCUT2D eigenvalue weighted by Crippen LogP contribution is -2.38. The summed E-state index contributed by atoms with van der Waals surface area (Å²) in [4.78, 5) is 36.6. The third-order valence-electron chi connectivity index (χ3n) is 2.92. The van der Waals surface area contributed by atoms with Gasteiger partial charge in [0.25, 0.3) is 5.91 Å². The number of amides is 2. The van der Waals surface area contributed by atoms with E-state index in [1.165, 1.54) is 6.92 Å².